The van der Waals surface area contributed by atoms with Gasteiger partial charge in [0, 0.05) is 17.7 Å². The number of nitrogens with one attached hydrogen (secondary N) is 1. The molecule has 1 amide bonds. The Morgan fingerprint density at radius 3 is 2.41 bits per heavy atom. The van der Waals surface area contributed by atoms with Crippen LogP contribution in [-0.2, 0) is 14.3 Å². The van der Waals surface area contributed by atoms with Gasteiger partial charge >= 0.3 is 5.97 Å². The lowest BCUT2D eigenvalue weighted by Gasteiger charge is -2.13. The molecule has 0 saturated carbocycles. The van der Waals surface area contributed by atoms with Gasteiger partial charge < -0.3 is 14.8 Å². The van der Waals surface area contributed by atoms with Gasteiger partial charge in [-0.2, -0.15) is 0 Å². The van der Waals surface area contributed by atoms with Gasteiger partial charge in [-0.05, 0) is 62.2 Å². The van der Waals surface area contributed by atoms with E-state index in [1.165, 1.54) is 6.92 Å². The Labute approximate surface area is 171 Å². The monoisotopic (exact) mass is 397 g/mol. The molecule has 0 saturated heterocycles. The van der Waals surface area contributed by atoms with E-state index in [4.69, 9.17) is 9.47 Å². The van der Waals surface area contributed by atoms with Gasteiger partial charge in [0.2, 0.25) is 0 Å². The summed E-state index contributed by atoms with van der Waals surface area (Å²) in [6.45, 7) is 6.06. The molecule has 6 heteroatoms. The highest BCUT2D eigenvalue weighted by Crippen LogP contribution is 2.15. The molecule has 2 rings (SSSR count). The number of carbonyl (C=O) groups is 3. The van der Waals surface area contributed by atoms with E-state index in [9.17, 15) is 14.4 Å². The molecule has 29 heavy (non-hydrogen) atoms. The molecule has 0 aliphatic rings. The van der Waals surface area contributed by atoms with E-state index in [0.717, 1.165) is 12.0 Å². The molecule has 0 radical (unpaired) electrons. The zero-order chi connectivity index (χ0) is 21.2. The number of esters is 1. The quantitative estimate of drug-likeness (QED) is 0.477. The second kappa shape index (κ2) is 11.0. The topological polar surface area (TPSA) is 81.7 Å². The first-order chi connectivity index (χ1) is 13.9. The molecule has 0 fully saturated rings. The molecule has 6 nitrogen and oxygen atoms in total. The Bertz CT molecular complexity index is 845. The first-order valence-corrected chi connectivity index (χ1v) is 9.72. The Balaban J connectivity index is 1.77. The molecule has 0 aliphatic carbocycles. The maximum absolute atomic E-state index is 12.2. The molecule has 154 valence electrons. The van der Waals surface area contributed by atoms with E-state index in [1.807, 2.05) is 32.0 Å². The highest BCUT2D eigenvalue weighted by molar-refractivity contribution is 5.98. The summed E-state index contributed by atoms with van der Waals surface area (Å²) in [5, 5.41) is 2.70. The van der Waals surface area contributed by atoms with Crippen LogP contribution in [-0.4, -0.2) is 30.4 Å². The van der Waals surface area contributed by atoms with E-state index in [0.29, 0.717) is 23.6 Å². The summed E-state index contributed by atoms with van der Waals surface area (Å²) in [4.78, 5) is 36.4. The smallest absolute Gasteiger partial charge is 0.307 e. The summed E-state index contributed by atoms with van der Waals surface area (Å²) in [6, 6.07) is 14.2. The standard InChI is InChI=1S/C23H27NO5/c1-4-14-28-20-10-8-18(9-11-20)21(25)12-13-22(26)29-17(3)23(27)24-19-7-5-6-16(2)15-19/h5-11,15,17H,4,12-14H2,1-3H3,(H,24,27). The van der Waals surface area contributed by atoms with Crippen LogP contribution < -0.4 is 10.1 Å². The number of hydrogen-bond donors (Lipinski definition) is 1. The summed E-state index contributed by atoms with van der Waals surface area (Å²) in [6.07, 6.45) is -0.118. The van der Waals surface area contributed by atoms with Gasteiger partial charge in [-0.15, -0.1) is 0 Å². The Morgan fingerprint density at radius 2 is 1.76 bits per heavy atom. The molecule has 0 bridgehead atoms. The number of ketones is 1. The van der Waals surface area contributed by atoms with Gasteiger partial charge in [-0.1, -0.05) is 19.1 Å². The summed E-state index contributed by atoms with van der Waals surface area (Å²) in [5.41, 5.74) is 2.15. The Hall–Kier alpha value is -3.15. The fourth-order valence-electron chi connectivity index (χ4n) is 2.59. The van der Waals surface area contributed by atoms with Crippen molar-refractivity contribution in [3.8, 4) is 5.75 Å². The van der Waals surface area contributed by atoms with Crippen LogP contribution in [0.4, 0.5) is 5.69 Å². The summed E-state index contributed by atoms with van der Waals surface area (Å²) in [7, 11) is 0. The van der Waals surface area contributed by atoms with Crippen molar-refractivity contribution in [2.45, 2.75) is 46.1 Å². The largest absolute Gasteiger partial charge is 0.494 e. The zero-order valence-corrected chi connectivity index (χ0v) is 17.1. The van der Waals surface area contributed by atoms with E-state index >= 15 is 0 Å². The number of carbonyl (C=O) groups excluding carboxylic acids is 3. The number of aryl methyl sites for hydroxylation is 1. The van der Waals surface area contributed by atoms with Crippen LogP contribution in [0.1, 0.15) is 49.0 Å². The number of amides is 1. The summed E-state index contributed by atoms with van der Waals surface area (Å²) in [5.74, 6) is -0.469. The molecule has 1 atom stereocenters. The summed E-state index contributed by atoms with van der Waals surface area (Å²) >= 11 is 0. The molecule has 0 heterocycles. The number of hydrogen-bond acceptors (Lipinski definition) is 5. The minimum absolute atomic E-state index is 0.0141. The number of Topliss-reactive ketones (excluding diaryl/α,β-unsaturated/α-hetero) is 1. The van der Waals surface area contributed by atoms with E-state index < -0.39 is 18.0 Å². The Morgan fingerprint density at radius 1 is 1.03 bits per heavy atom. The van der Waals surface area contributed by atoms with Crippen molar-refractivity contribution in [2.75, 3.05) is 11.9 Å². The van der Waals surface area contributed by atoms with Crippen molar-refractivity contribution >= 4 is 23.3 Å². The van der Waals surface area contributed by atoms with Crippen LogP contribution in [0.5, 0.6) is 5.75 Å². The molecule has 2 aromatic carbocycles. The van der Waals surface area contributed by atoms with Crippen molar-refractivity contribution in [2.24, 2.45) is 0 Å². The van der Waals surface area contributed by atoms with Crippen molar-refractivity contribution in [1.82, 2.24) is 0 Å². The predicted octanol–water partition coefficient (Wildman–Crippen LogP) is 4.32. The molecule has 1 unspecified atom stereocenters. The lowest BCUT2D eigenvalue weighted by molar-refractivity contribution is -0.153. The maximum Gasteiger partial charge on any atom is 0.307 e. The van der Waals surface area contributed by atoms with Crippen molar-refractivity contribution in [3.63, 3.8) is 0 Å². The maximum atomic E-state index is 12.2. The normalized spacial score (nSPS) is 11.4. The fraction of sp³-hybridized carbons (Fsp3) is 0.348. The van der Waals surface area contributed by atoms with E-state index in [1.54, 1.807) is 30.3 Å². The second-order valence-corrected chi connectivity index (χ2v) is 6.79. The fourth-order valence-corrected chi connectivity index (χ4v) is 2.59. The lowest BCUT2D eigenvalue weighted by atomic mass is 10.1. The number of benzene rings is 2. The average Bonchev–Trinajstić information content (AvgIpc) is 2.70. The highest BCUT2D eigenvalue weighted by Gasteiger charge is 2.19. The van der Waals surface area contributed by atoms with Gasteiger partial charge in [0.15, 0.2) is 11.9 Å². The predicted molar refractivity (Wildman–Crippen MR) is 111 cm³/mol. The Kier molecular flexibility index (Phi) is 8.40. The van der Waals surface area contributed by atoms with Crippen LogP contribution in [0, 0.1) is 6.92 Å². The third-order valence-corrected chi connectivity index (χ3v) is 4.17. The van der Waals surface area contributed by atoms with Gasteiger partial charge in [0.05, 0.1) is 13.0 Å². The molecular weight excluding hydrogens is 370 g/mol. The van der Waals surface area contributed by atoms with Crippen molar-refractivity contribution < 1.29 is 23.9 Å². The van der Waals surface area contributed by atoms with Crippen LogP contribution >= 0.6 is 0 Å². The average molecular weight is 397 g/mol. The first kappa shape index (κ1) is 22.1. The third-order valence-electron chi connectivity index (χ3n) is 4.17. The van der Waals surface area contributed by atoms with Gasteiger partial charge in [-0.3, -0.25) is 14.4 Å². The number of rotatable bonds is 10. The first-order valence-electron chi connectivity index (χ1n) is 9.72. The minimum atomic E-state index is -0.951. The van der Waals surface area contributed by atoms with Crippen LogP contribution in [0.15, 0.2) is 48.5 Å². The van der Waals surface area contributed by atoms with Crippen LogP contribution in [0.25, 0.3) is 0 Å². The second-order valence-electron chi connectivity index (χ2n) is 6.79. The highest BCUT2D eigenvalue weighted by atomic mass is 16.5. The third kappa shape index (κ3) is 7.41. The van der Waals surface area contributed by atoms with Crippen LogP contribution in [0.2, 0.25) is 0 Å². The lowest BCUT2D eigenvalue weighted by Crippen LogP contribution is -2.30. The molecule has 1 N–H and O–H groups in total. The number of ether oxygens (including phenoxy) is 2. The minimum Gasteiger partial charge on any atom is -0.494 e. The van der Waals surface area contributed by atoms with Crippen molar-refractivity contribution in [1.29, 1.82) is 0 Å². The van der Waals surface area contributed by atoms with E-state index in [-0.39, 0.29) is 18.6 Å². The van der Waals surface area contributed by atoms with Gasteiger partial charge in [0.1, 0.15) is 5.75 Å². The molecule has 0 spiro atoms. The van der Waals surface area contributed by atoms with Crippen molar-refractivity contribution in [3.05, 3.63) is 59.7 Å². The van der Waals surface area contributed by atoms with Gasteiger partial charge in [0.25, 0.3) is 5.91 Å². The molecule has 2 aromatic rings. The van der Waals surface area contributed by atoms with Crippen LogP contribution in [0.3, 0.4) is 0 Å². The SMILES string of the molecule is CCCOc1ccc(C(=O)CCC(=O)OC(C)C(=O)Nc2cccc(C)c2)cc1. The zero-order valence-electron chi connectivity index (χ0n) is 17.1. The molecule has 0 aromatic heterocycles. The number of anilines is 1. The van der Waals surface area contributed by atoms with Gasteiger partial charge in [-0.25, -0.2) is 0 Å². The molecular formula is C23H27NO5. The van der Waals surface area contributed by atoms with E-state index in [2.05, 4.69) is 5.32 Å². The molecule has 0 aliphatic heterocycles. The summed E-state index contributed by atoms with van der Waals surface area (Å²) < 4.78 is 10.6.